The molecule has 0 aliphatic carbocycles. The van der Waals surface area contributed by atoms with Gasteiger partial charge in [-0.05, 0) is 35.7 Å². The maximum Gasteiger partial charge on any atom is 0.136 e. The monoisotopic (exact) mass is 325 g/mol. The average Bonchev–Trinajstić information content (AvgIpc) is 3.00. The van der Waals surface area contributed by atoms with E-state index in [0.29, 0.717) is 0 Å². The number of benzene rings is 3. The maximum atomic E-state index is 6.15. The van der Waals surface area contributed by atoms with E-state index >= 15 is 0 Å². The zero-order valence-electron chi connectivity index (χ0n) is 12.6. The Labute approximate surface area is 142 Å². The Kier molecular flexibility index (Phi) is 2.31. The molecule has 3 heteroatoms. The van der Waals surface area contributed by atoms with Crippen molar-refractivity contribution >= 4 is 44.5 Å². The van der Waals surface area contributed by atoms with E-state index in [4.69, 9.17) is 4.42 Å². The van der Waals surface area contributed by atoms with Gasteiger partial charge < -0.3 is 4.42 Å². The van der Waals surface area contributed by atoms with E-state index in [1.807, 2.05) is 24.4 Å². The first-order chi connectivity index (χ1) is 11.9. The molecule has 2 nitrogen and oxygen atoms in total. The van der Waals surface area contributed by atoms with E-state index in [2.05, 4.69) is 47.4 Å². The van der Waals surface area contributed by atoms with Crippen LogP contribution in [0.3, 0.4) is 0 Å². The summed E-state index contributed by atoms with van der Waals surface area (Å²) in [6.45, 7) is 0. The molecule has 5 aromatic rings. The lowest BCUT2D eigenvalue weighted by molar-refractivity contribution is 0.669. The number of rotatable bonds is 0. The van der Waals surface area contributed by atoms with Crippen LogP contribution in [0.2, 0.25) is 0 Å². The van der Waals surface area contributed by atoms with E-state index < -0.39 is 0 Å². The number of hydrogen-bond acceptors (Lipinski definition) is 3. The lowest BCUT2D eigenvalue weighted by Gasteiger charge is -2.19. The van der Waals surface area contributed by atoms with Crippen molar-refractivity contribution in [3.8, 4) is 11.3 Å². The van der Waals surface area contributed by atoms with Crippen LogP contribution in [-0.2, 0) is 0 Å². The lowest BCUT2D eigenvalue weighted by atomic mass is 9.97. The Balaban J connectivity index is 1.91. The van der Waals surface area contributed by atoms with E-state index in [9.17, 15) is 0 Å². The third kappa shape index (κ3) is 1.50. The van der Waals surface area contributed by atoms with Gasteiger partial charge in [0.1, 0.15) is 11.2 Å². The van der Waals surface area contributed by atoms with Gasteiger partial charge >= 0.3 is 0 Å². The Hall–Kier alpha value is -2.78. The fourth-order valence-corrected chi connectivity index (χ4v) is 4.84. The van der Waals surface area contributed by atoms with Crippen LogP contribution >= 0.6 is 11.8 Å². The van der Waals surface area contributed by atoms with E-state index in [1.165, 1.54) is 36.9 Å². The first-order valence-electron chi connectivity index (χ1n) is 7.90. The molecule has 1 aliphatic rings. The number of furan rings is 1. The summed E-state index contributed by atoms with van der Waals surface area (Å²) in [6, 6.07) is 21.1. The molecule has 0 unspecified atom stereocenters. The van der Waals surface area contributed by atoms with Crippen LogP contribution in [0.4, 0.5) is 0 Å². The molecule has 0 bridgehead atoms. The topological polar surface area (TPSA) is 26.0 Å². The molecular weight excluding hydrogens is 314 g/mol. The molecule has 2 aromatic heterocycles. The summed E-state index contributed by atoms with van der Waals surface area (Å²) in [6.07, 6.45) is 1.86. The largest absolute Gasteiger partial charge is 0.456 e. The van der Waals surface area contributed by atoms with Gasteiger partial charge in [-0.2, -0.15) is 0 Å². The van der Waals surface area contributed by atoms with Gasteiger partial charge in [0.05, 0.1) is 5.69 Å². The minimum Gasteiger partial charge on any atom is -0.456 e. The van der Waals surface area contributed by atoms with Crippen LogP contribution in [0.1, 0.15) is 0 Å². The summed E-state index contributed by atoms with van der Waals surface area (Å²) in [4.78, 5) is 7.13. The minimum absolute atomic E-state index is 0.930. The molecule has 1 aliphatic heterocycles. The molecule has 0 saturated heterocycles. The van der Waals surface area contributed by atoms with Crippen molar-refractivity contribution in [1.29, 1.82) is 0 Å². The van der Waals surface area contributed by atoms with Crippen LogP contribution in [0.5, 0.6) is 0 Å². The van der Waals surface area contributed by atoms with Crippen molar-refractivity contribution in [2.24, 2.45) is 0 Å². The van der Waals surface area contributed by atoms with E-state index in [1.54, 1.807) is 11.8 Å². The van der Waals surface area contributed by atoms with Gasteiger partial charge in [0.2, 0.25) is 0 Å². The molecule has 0 fully saturated rings. The van der Waals surface area contributed by atoms with Gasteiger partial charge in [0.25, 0.3) is 0 Å². The van der Waals surface area contributed by atoms with Gasteiger partial charge in [-0.15, -0.1) is 0 Å². The number of para-hydroxylation sites is 1. The van der Waals surface area contributed by atoms with Gasteiger partial charge in [-0.1, -0.05) is 42.1 Å². The molecule has 0 saturated carbocycles. The fraction of sp³-hybridized carbons (Fsp3) is 0. The summed E-state index contributed by atoms with van der Waals surface area (Å²) >= 11 is 1.80. The van der Waals surface area contributed by atoms with Crippen LogP contribution in [0.15, 0.2) is 81.1 Å². The Morgan fingerprint density at radius 1 is 0.750 bits per heavy atom. The van der Waals surface area contributed by atoms with Crippen LogP contribution in [0, 0.1) is 0 Å². The van der Waals surface area contributed by atoms with E-state index in [-0.39, 0.29) is 0 Å². The number of fused-ring (bicyclic) bond motifs is 6. The second kappa shape index (κ2) is 4.40. The summed E-state index contributed by atoms with van der Waals surface area (Å²) in [5, 5.41) is 4.90. The number of hydrogen-bond donors (Lipinski definition) is 0. The zero-order valence-corrected chi connectivity index (χ0v) is 13.4. The van der Waals surface area contributed by atoms with Crippen molar-refractivity contribution in [2.75, 3.05) is 0 Å². The van der Waals surface area contributed by atoms with Crippen LogP contribution in [-0.4, -0.2) is 4.98 Å². The van der Waals surface area contributed by atoms with E-state index in [0.717, 1.165) is 16.9 Å². The van der Waals surface area contributed by atoms with Crippen molar-refractivity contribution < 1.29 is 4.42 Å². The SMILES string of the molecule is c1cnc2c(c1)Sc1cccc3c1c-2cc1oc2ccccc2c13. The molecule has 24 heavy (non-hydrogen) atoms. The number of nitrogens with zero attached hydrogens (tertiary/aromatic N) is 1. The summed E-state index contributed by atoms with van der Waals surface area (Å²) in [5.41, 5.74) is 4.08. The van der Waals surface area contributed by atoms with Crippen LogP contribution in [0.25, 0.3) is 44.0 Å². The highest BCUT2D eigenvalue weighted by Gasteiger charge is 2.23. The summed E-state index contributed by atoms with van der Waals surface area (Å²) in [7, 11) is 0. The quantitative estimate of drug-likeness (QED) is 0.329. The standard InChI is InChI=1S/C21H11NOS/c1-2-7-15-12(5-1)19-13-6-3-8-17-20(13)14(11-16(19)23-15)21-18(24-17)9-4-10-22-21/h1-11H. The van der Waals surface area contributed by atoms with Crippen molar-refractivity contribution in [3.63, 3.8) is 0 Å². The third-order valence-electron chi connectivity index (χ3n) is 4.71. The highest BCUT2D eigenvalue weighted by Crippen LogP contribution is 2.49. The van der Waals surface area contributed by atoms with Gasteiger partial charge in [0.15, 0.2) is 0 Å². The highest BCUT2D eigenvalue weighted by molar-refractivity contribution is 7.99. The molecule has 3 aromatic carbocycles. The molecular formula is C21H11NOS. The predicted molar refractivity (Wildman–Crippen MR) is 98.6 cm³/mol. The van der Waals surface area contributed by atoms with Crippen molar-refractivity contribution in [3.05, 3.63) is 66.9 Å². The normalized spacial score (nSPS) is 12.8. The zero-order chi connectivity index (χ0) is 15.7. The predicted octanol–water partition coefficient (Wildman–Crippen LogP) is 6.27. The lowest BCUT2D eigenvalue weighted by Crippen LogP contribution is -1.95. The summed E-state index contributed by atoms with van der Waals surface area (Å²) < 4.78 is 6.15. The minimum atomic E-state index is 0.930. The molecule has 0 amide bonds. The third-order valence-corrected chi connectivity index (χ3v) is 5.82. The number of pyridine rings is 1. The second-order valence-electron chi connectivity index (χ2n) is 6.03. The van der Waals surface area contributed by atoms with Gasteiger partial charge in [-0.3, -0.25) is 4.98 Å². The molecule has 0 atom stereocenters. The molecule has 0 spiro atoms. The molecule has 112 valence electrons. The summed E-state index contributed by atoms with van der Waals surface area (Å²) in [5.74, 6) is 0. The Morgan fingerprint density at radius 2 is 1.62 bits per heavy atom. The van der Waals surface area contributed by atoms with Gasteiger partial charge in [0, 0.05) is 37.7 Å². The van der Waals surface area contributed by atoms with Crippen molar-refractivity contribution in [2.45, 2.75) is 9.79 Å². The van der Waals surface area contributed by atoms with Crippen molar-refractivity contribution in [1.82, 2.24) is 4.98 Å². The average molecular weight is 325 g/mol. The smallest absolute Gasteiger partial charge is 0.136 e. The second-order valence-corrected chi connectivity index (χ2v) is 7.11. The first kappa shape index (κ1) is 12.6. The molecule has 6 rings (SSSR count). The molecule has 0 N–H and O–H groups in total. The fourth-order valence-electron chi connectivity index (χ4n) is 3.73. The number of aromatic nitrogens is 1. The maximum absolute atomic E-state index is 6.15. The van der Waals surface area contributed by atoms with Crippen LogP contribution < -0.4 is 0 Å². The first-order valence-corrected chi connectivity index (χ1v) is 8.72. The molecule has 0 radical (unpaired) electrons. The van der Waals surface area contributed by atoms with Gasteiger partial charge in [-0.25, -0.2) is 0 Å². The Bertz CT molecular complexity index is 1290. The highest BCUT2D eigenvalue weighted by atomic mass is 32.2. The Morgan fingerprint density at radius 3 is 2.62 bits per heavy atom. The molecule has 3 heterocycles.